The predicted molar refractivity (Wildman–Crippen MR) is 83.7 cm³/mol. The number of thiophene rings is 1. The minimum atomic E-state index is -0.770. The first-order valence-electron chi connectivity index (χ1n) is 6.90. The number of rotatable bonds is 6. The summed E-state index contributed by atoms with van der Waals surface area (Å²) in [7, 11) is 0. The number of nitrogens with one attached hydrogen (secondary N) is 1. The maximum Gasteiger partial charge on any atom is 0.0894 e. The van der Waals surface area contributed by atoms with E-state index in [1.807, 2.05) is 19.1 Å². The molecular formula is C16H23NOS. The average molecular weight is 277 g/mol. The van der Waals surface area contributed by atoms with Crippen LogP contribution in [-0.4, -0.2) is 18.2 Å². The molecule has 0 aliphatic carbocycles. The zero-order valence-corrected chi connectivity index (χ0v) is 12.8. The fourth-order valence-corrected chi connectivity index (χ4v) is 3.31. The molecule has 0 aliphatic heterocycles. The summed E-state index contributed by atoms with van der Waals surface area (Å²) < 4.78 is 1.20. The van der Waals surface area contributed by atoms with Gasteiger partial charge < -0.3 is 10.4 Å². The standard InChI is InChI=1S/C16H23NOS/c1-12(2)11-17-9-8-16(3,18)14-6-4-5-13-7-10-19-15(13)14/h4-7,10,12,17-18H,8-9,11H2,1-3H3. The molecule has 0 amide bonds. The van der Waals surface area contributed by atoms with Gasteiger partial charge in [-0.15, -0.1) is 11.3 Å². The van der Waals surface area contributed by atoms with E-state index in [0.29, 0.717) is 5.92 Å². The normalized spacial score (nSPS) is 15.0. The Morgan fingerprint density at radius 1 is 1.32 bits per heavy atom. The molecule has 2 aromatic rings. The van der Waals surface area contributed by atoms with Crippen LogP contribution in [0.1, 0.15) is 32.8 Å². The summed E-state index contributed by atoms with van der Waals surface area (Å²) >= 11 is 1.70. The summed E-state index contributed by atoms with van der Waals surface area (Å²) in [5, 5.41) is 17.4. The summed E-state index contributed by atoms with van der Waals surface area (Å²) in [6, 6.07) is 8.28. The Hall–Kier alpha value is -0.900. The third kappa shape index (κ3) is 3.56. The highest BCUT2D eigenvalue weighted by atomic mass is 32.1. The summed E-state index contributed by atoms with van der Waals surface area (Å²) in [4.78, 5) is 0. The minimum absolute atomic E-state index is 0.644. The van der Waals surface area contributed by atoms with Gasteiger partial charge in [0.2, 0.25) is 0 Å². The third-order valence-electron chi connectivity index (χ3n) is 3.40. The van der Waals surface area contributed by atoms with Gasteiger partial charge in [0.1, 0.15) is 0 Å². The Morgan fingerprint density at radius 3 is 2.84 bits per heavy atom. The van der Waals surface area contributed by atoms with Gasteiger partial charge in [-0.1, -0.05) is 32.0 Å². The second-order valence-corrected chi connectivity index (χ2v) is 6.68. The van der Waals surface area contributed by atoms with Crippen LogP contribution in [0, 0.1) is 5.92 Å². The molecule has 1 atom stereocenters. The number of hydrogen-bond donors (Lipinski definition) is 2. The Balaban J connectivity index is 2.08. The largest absolute Gasteiger partial charge is 0.385 e. The van der Waals surface area contributed by atoms with Gasteiger partial charge in [-0.3, -0.25) is 0 Å². The van der Waals surface area contributed by atoms with Crippen molar-refractivity contribution in [2.75, 3.05) is 13.1 Å². The van der Waals surface area contributed by atoms with E-state index in [9.17, 15) is 5.11 Å². The molecule has 1 aromatic carbocycles. The molecule has 1 unspecified atom stereocenters. The van der Waals surface area contributed by atoms with Crippen LogP contribution in [0.5, 0.6) is 0 Å². The van der Waals surface area contributed by atoms with Crippen LogP contribution in [-0.2, 0) is 5.60 Å². The Bertz CT molecular complexity index is 530. The smallest absolute Gasteiger partial charge is 0.0894 e. The van der Waals surface area contributed by atoms with Crippen molar-refractivity contribution in [1.82, 2.24) is 5.32 Å². The van der Waals surface area contributed by atoms with Crippen molar-refractivity contribution >= 4 is 21.4 Å². The highest BCUT2D eigenvalue weighted by Gasteiger charge is 2.25. The first-order valence-corrected chi connectivity index (χ1v) is 7.78. The number of aliphatic hydroxyl groups is 1. The third-order valence-corrected chi connectivity index (χ3v) is 4.36. The van der Waals surface area contributed by atoms with Crippen molar-refractivity contribution in [2.24, 2.45) is 5.92 Å². The Kier molecular flexibility index (Phi) is 4.61. The van der Waals surface area contributed by atoms with Crippen molar-refractivity contribution in [2.45, 2.75) is 32.8 Å². The number of hydrogen-bond acceptors (Lipinski definition) is 3. The molecule has 0 fully saturated rings. The zero-order chi connectivity index (χ0) is 13.9. The average Bonchev–Trinajstić information content (AvgIpc) is 2.82. The van der Waals surface area contributed by atoms with Gasteiger partial charge in [-0.25, -0.2) is 0 Å². The van der Waals surface area contributed by atoms with Gasteiger partial charge in [-0.2, -0.15) is 0 Å². The Labute approximate surface area is 119 Å². The van der Waals surface area contributed by atoms with Crippen molar-refractivity contribution in [1.29, 1.82) is 0 Å². The molecule has 2 nitrogen and oxygen atoms in total. The van der Waals surface area contributed by atoms with E-state index in [1.54, 1.807) is 11.3 Å². The van der Waals surface area contributed by atoms with Crippen molar-refractivity contribution in [3.63, 3.8) is 0 Å². The fourth-order valence-electron chi connectivity index (χ4n) is 2.27. The van der Waals surface area contributed by atoms with E-state index in [-0.39, 0.29) is 0 Å². The summed E-state index contributed by atoms with van der Waals surface area (Å²) in [5.41, 5.74) is 0.278. The summed E-state index contributed by atoms with van der Waals surface area (Å²) in [6.07, 6.45) is 0.733. The lowest BCUT2D eigenvalue weighted by atomic mass is 9.91. The van der Waals surface area contributed by atoms with E-state index in [2.05, 4.69) is 36.7 Å². The van der Waals surface area contributed by atoms with E-state index in [0.717, 1.165) is 25.1 Å². The molecule has 0 radical (unpaired) electrons. The van der Waals surface area contributed by atoms with Crippen LogP contribution < -0.4 is 5.32 Å². The quantitative estimate of drug-likeness (QED) is 0.788. The van der Waals surface area contributed by atoms with E-state index in [1.165, 1.54) is 10.1 Å². The SMILES string of the molecule is CC(C)CNCCC(C)(O)c1cccc2ccsc12. The summed E-state index contributed by atoms with van der Waals surface area (Å²) in [5.74, 6) is 0.644. The number of fused-ring (bicyclic) bond motifs is 1. The lowest BCUT2D eigenvalue weighted by Gasteiger charge is -2.25. The van der Waals surface area contributed by atoms with Crippen molar-refractivity contribution in [3.8, 4) is 0 Å². The monoisotopic (exact) mass is 277 g/mol. The van der Waals surface area contributed by atoms with Gasteiger partial charge in [0.05, 0.1) is 5.60 Å². The van der Waals surface area contributed by atoms with E-state index in [4.69, 9.17) is 0 Å². The molecule has 104 valence electrons. The minimum Gasteiger partial charge on any atom is -0.385 e. The topological polar surface area (TPSA) is 32.3 Å². The zero-order valence-electron chi connectivity index (χ0n) is 11.9. The molecule has 0 saturated heterocycles. The molecule has 1 aromatic heterocycles. The van der Waals surface area contributed by atoms with E-state index < -0.39 is 5.60 Å². The van der Waals surface area contributed by atoms with Crippen LogP contribution in [0.4, 0.5) is 0 Å². The van der Waals surface area contributed by atoms with Gasteiger partial charge in [0.25, 0.3) is 0 Å². The molecule has 0 bridgehead atoms. The second-order valence-electron chi connectivity index (χ2n) is 5.77. The van der Waals surface area contributed by atoms with Crippen LogP contribution in [0.2, 0.25) is 0 Å². The maximum atomic E-state index is 10.7. The van der Waals surface area contributed by atoms with Crippen LogP contribution in [0.15, 0.2) is 29.6 Å². The Morgan fingerprint density at radius 2 is 2.11 bits per heavy atom. The highest BCUT2D eigenvalue weighted by molar-refractivity contribution is 7.17. The van der Waals surface area contributed by atoms with Crippen molar-refractivity contribution < 1.29 is 5.11 Å². The van der Waals surface area contributed by atoms with Gasteiger partial charge >= 0.3 is 0 Å². The number of benzene rings is 1. The highest BCUT2D eigenvalue weighted by Crippen LogP contribution is 2.33. The molecule has 2 N–H and O–H groups in total. The van der Waals surface area contributed by atoms with Gasteiger partial charge in [0, 0.05) is 10.3 Å². The van der Waals surface area contributed by atoms with Crippen molar-refractivity contribution in [3.05, 3.63) is 35.2 Å². The lowest BCUT2D eigenvalue weighted by Crippen LogP contribution is -2.29. The maximum absolute atomic E-state index is 10.7. The van der Waals surface area contributed by atoms with E-state index >= 15 is 0 Å². The fraction of sp³-hybridized carbons (Fsp3) is 0.500. The van der Waals surface area contributed by atoms with Crippen LogP contribution >= 0.6 is 11.3 Å². The first kappa shape index (κ1) is 14.5. The molecule has 2 rings (SSSR count). The first-order chi connectivity index (χ1) is 9.00. The lowest BCUT2D eigenvalue weighted by molar-refractivity contribution is 0.0495. The molecule has 19 heavy (non-hydrogen) atoms. The predicted octanol–water partition coefficient (Wildman–Crippen LogP) is 3.74. The summed E-state index contributed by atoms with van der Waals surface area (Å²) in [6.45, 7) is 8.14. The molecule has 1 heterocycles. The molecule has 0 aliphatic rings. The van der Waals surface area contributed by atoms with Crippen LogP contribution in [0.25, 0.3) is 10.1 Å². The molecule has 0 saturated carbocycles. The second kappa shape index (κ2) is 6.04. The van der Waals surface area contributed by atoms with Gasteiger partial charge in [-0.05, 0) is 49.2 Å². The molecule has 0 spiro atoms. The molecule has 3 heteroatoms. The van der Waals surface area contributed by atoms with Crippen LogP contribution in [0.3, 0.4) is 0 Å². The molecular weight excluding hydrogens is 254 g/mol. The van der Waals surface area contributed by atoms with Gasteiger partial charge in [0.15, 0.2) is 0 Å².